The van der Waals surface area contributed by atoms with E-state index in [1.165, 1.54) is 35.0 Å². The van der Waals surface area contributed by atoms with E-state index in [2.05, 4.69) is 20.9 Å². The van der Waals surface area contributed by atoms with Crippen molar-refractivity contribution in [1.29, 1.82) is 0 Å². The van der Waals surface area contributed by atoms with Crippen LogP contribution in [-0.4, -0.2) is 32.2 Å². The highest BCUT2D eigenvalue weighted by molar-refractivity contribution is 6.33. The number of carbonyl (C=O) groups is 2. The van der Waals surface area contributed by atoms with Crippen LogP contribution in [0, 0.1) is 22.9 Å². The van der Waals surface area contributed by atoms with Crippen molar-refractivity contribution < 1.29 is 23.3 Å². The first kappa shape index (κ1) is 26.2. The Morgan fingerprint density at radius 2 is 1.92 bits per heavy atom. The van der Waals surface area contributed by atoms with E-state index in [0.29, 0.717) is 28.4 Å². The third-order valence-corrected chi connectivity index (χ3v) is 5.90. The van der Waals surface area contributed by atoms with Crippen LogP contribution in [0.4, 0.5) is 15.9 Å². The summed E-state index contributed by atoms with van der Waals surface area (Å²) in [6.45, 7) is 3.26. The number of rotatable bonds is 8. The summed E-state index contributed by atoms with van der Waals surface area (Å²) in [7, 11) is 0. The lowest BCUT2D eigenvalue weighted by Gasteiger charge is -2.08. The number of nitrogens with zero attached hydrogens (tertiary/aromatic N) is 4. The highest BCUT2D eigenvalue weighted by Gasteiger charge is 2.24. The molecule has 11 nitrogen and oxygen atoms in total. The molecule has 0 aliphatic carbocycles. The van der Waals surface area contributed by atoms with E-state index in [1.54, 1.807) is 44.2 Å². The second kappa shape index (κ2) is 11.0. The first-order valence-corrected chi connectivity index (χ1v) is 11.5. The molecular weight excluding hydrogens is 519 g/mol. The summed E-state index contributed by atoms with van der Waals surface area (Å²) < 4.78 is 20.7. The van der Waals surface area contributed by atoms with Gasteiger partial charge in [0.25, 0.3) is 5.91 Å². The average Bonchev–Trinajstić information content (AvgIpc) is 3.48. The predicted octanol–water partition coefficient (Wildman–Crippen LogP) is 4.94. The molecule has 2 amide bonds. The molecule has 13 heteroatoms. The molecule has 0 aliphatic rings. The molecule has 0 aliphatic heterocycles. The molecule has 194 valence electrons. The minimum atomic E-state index is -0.681. The van der Waals surface area contributed by atoms with Gasteiger partial charge in [-0.3, -0.25) is 9.59 Å². The maximum absolute atomic E-state index is 13.9. The standard InChI is InChI=1S/C25H20ClFN6O5/c1-14(16-6-5-7-17(12-16)28-24(34)19-8-3-4-9-20(19)27)29-30-25(35)21-11-10-18(38-21)13-32-15(2)22(26)23(31-32)33(36)37/h3-12H,13H2,1-2H3,(H,28,34)(H,30,35)/b29-14-. The number of hydrogen-bond donors (Lipinski definition) is 2. The molecule has 0 saturated carbocycles. The van der Waals surface area contributed by atoms with E-state index in [4.69, 9.17) is 16.0 Å². The number of anilines is 1. The topological polar surface area (TPSA) is 145 Å². The van der Waals surface area contributed by atoms with E-state index in [0.717, 1.165) is 0 Å². The van der Waals surface area contributed by atoms with Gasteiger partial charge in [0.05, 0.1) is 22.1 Å². The number of halogens is 2. The second-order valence-electron chi connectivity index (χ2n) is 8.06. The maximum Gasteiger partial charge on any atom is 0.408 e. The summed E-state index contributed by atoms with van der Waals surface area (Å²) in [5.41, 5.74) is 4.14. The highest BCUT2D eigenvalue weighted by Crippen LogP contribution is 2.27. The van der Waals surface area contributed by atoms with Crippen molar-refractivity contribution >= 4 is 40.6 Å². The Kier molecular flexibility index (Phi) is 7.63. The molecule has 2 N–H and O–H groups in total. The van der Waals surface area contributed by atoms with Crippen LogP contribution in [0.3, 0.4) is 0 Å². The zero-order chi connectivity index (χ0) is 27.4. The van der Waals surface area contributed by atoms with Crippen molar-refractivity contribution in [2.75, 3.05) is 5.32 Å². The van der Waals surface area contributed by atoms with Gasteiger partial charge in [-0.25, -0.2) is 9.82 Å². The van der Waals surface area contributed by atoms with E-state index < -0.39 is 28.4 Å². The van der Waals surface area contributed by atoms with Gasteiger partial charge in [-0.1, -0.05) is 35.9 Å². The normalized spacial score (nSPS) is 11.3. The molecule has 0 radical (unpaired) electrons. The van der Waals surface area contributed by atoms with Crippen LogP contribution in [0.5, 0.6) is 0 Å². The van der Waals surface area contributed by atoms with Gasteiger partial charge in [0.2, 0.25) is 0 Å². The molecule has 2 aromatic carbocycles. The van der Waals surface area contributed by atoms with Gasteiger partial charge in [0.1, 0.15) is 18.1 Å². The molecule has 0 fully saturated rings. The molecule has 2 aromatic heterocycles. The van der Waals surface area contributed by atoms with Gasteiger partial charge in [-0.2, -0.15) is 9.78 Å². The van der Waals surface area contributed by atoms with Crippen LogP contribution in [0.25, 0.3) is 0 Å². The first-order valence-electron chi connectivity index (χ1n) is 11.1. The SMILES string of the molecule is C/C(=N/NC(=O)c1ccc(Cn2nc([N+](=O)[O-])c(Cl)c2C)o1)c1cccc(NC(=O)c2ccccc2F)c1. The molecule has 0 bridgehead atoms. The maximum atomic E-state index is 13.9. The van der Waals surface area contributed by atoms with Gasteiger partial charge < -0.3 is 19.8 Å². The number of benzene rings is 2. The smallest absolute Gasteiger partial charge is 0.408 e. The Morgan fingerprint density at radius 3 is 2.63 bits per heavy atom. The van der Waals surface area contributed by atoms with Crippen molar-refractivity contribution in [3.8, 4) is 0 Å². The largest absolute Gasteiger partial charge is 0.454 e. The predicted molar refractivity (Wildman–Crippen MR) is 137 cm³/mol. The number of nitro groups is 1. The third-order valence-electron chi connectivity index (χ3n) is 5.46. The lowest BCUT2D eigenvalue weighted by Crippen LogP contribution is -2.19. The zero-order valence-corrected chi connectivity index (χ0v) is 20.8. The van der Waals surface area contributed by atoms with Crippen LogP contribution in [-0.2, 0) is 6.54 Å². The Bertz CT molecular complexity index is 1580. The summed E-state index contributed by atoms with van der Waals surface area (Å²) in [4.78, 5) is 35.2. The summed E-state index contributed by atoms with van der Waals surface area (Å²) in [5, 5.41) is 21.5. The van der Waals surface area contributed by atoms with Crippen molar-refractivity contribution in [3.05, 3.63) is 110 Å². The third kappa shape index (κ3) is 5.76. The molecule has 38 heavy (non-hydrogen) atoms. The van der Waals surface area contributed by atoms with Crippen LogP contribution in [0.15, 0.2) is 70.2 Å². The summed E-state index contributed by atoms with van der Waals surface area (Å²) in [6, 6.07) is 15.3. The monoisotopic (exact) mass is 538 g/mol. The van der Waals surface area contributed by atoms with E-state index in [1.807, 2.05) is 0 Å². The lowest BCUT2D eigenvalue weighted by molar-refractivity contribution is -0.389. The Labute approximate surface area is 220 Å². The molecule has 0 spiro atoms. The summed E-state index contributed by atoms with van der Waals surface area (Å²) in [6.07, 6.45) is 0. The summed E-state index contributed by atoms with van der Waals surface area (Å²) >= 11 is 5.95. The summed E-state index contributed by atoms with van der Waals surface area (Å²) in [5.74, 6) is -2.03. The fourth-order valence-electron chi connectivity index (χ4n) is 3.43. The lowest BCUT2D eigenvalue weighted by atomic mass is 10.1. The van der Waals surface area contributed by atoms with Crippen molar-refractivity contribution in [2.24, 2.45) is 5.10 Å². The Morgan fingerprint density at radius 1 is 1.16 bits per heavy atom. The molecule has 4 rings (SSSR count). The molecule has 2 heterocycles. The van der Waals surface area contributed by atoms with Gasteiger partial charge in [0.15, 0.2) is 10.8 Å². The number of hydrazone groups is 1. The van der Waals surface area contributed by atoms with Crippen molar-refractivity contribution in [1.82, 2.24) is 15.2 Å². The van der Waals surface area contributed by atoms with Gasteiger partial charge in [-0.15, -0.1) is 0 Å². The molecule has 0 saturated heterocycles. The molecular formula is C25H20ClFN6O5. The fraction of sp³-hybridized carbons (Fsp3) is 0.120. The second-order valence-corrected chi connectivity index (χ2v) is 8.43. The van der Waals surface area contributed by atoms with E-state index in [-0.39, 0.29) is 22.9 Å². The van der Waals surface area contributed by atoms with Crippen LogP contribution >= 0.6 is 11.6 Å². The zero-order valence-electron chi connectivity index (χ0n) is 20.1. The van der Waals surface area contributed by atoms with E-state index in [9.17, 15) is 24.1 Å². The van der Waals surface area contributed by atoms with Gasteiger partial charge in [0, 0.05) is 5.69 Å². The molecule has 0 atom stereocenters. The minimum Gasteiger partial charge on any atom is -0.454 e. The quantitative estimate of drug-likeness (QED) is 0.185. The van der Waals surface area contributed by atoms with Crippen molar-refractivity contribution in [2.45, 2.75) is 20.4 Å². The van der Waals surface area contributed by atoms with Crippen LogP contribution < -0.4 is 10.7 Å². The number of aromatic nitrogens is 2. The average molecular weight is 539 g/mol. The molecule has 4 aromatic rings. The van der Waals surface area contributed by atoms with Crippen molar-refractivity contribution in [3.63, 3.8) is 0 Å². The number of hydrogen-bond acceptors (Lipinski definition) is 7. The first-order chi connectivity index (χ1) is 18.1. The van der Waals surface area contributed by atoms with Gasteiger partial charge >= 0.3 is 11.7 Å². The number of carbonyl (C=O) groups excluding carboxylic acids is 2. The van der Waals surface area contributed by atoms with Gasteiger partial charge in [-0.05, 0) is 60.7 Å². The van der Waals surface area contributed by atoms with Crippen LogP contribution in [0.1, 0.15) is 44.9 Å². The van der Waals surface area contributed by atoms with E-state index >= 15 is 0 Å². The van der Waals surface area contributed by atoms with Crippen LogP contribution in [0.2, 0.25) is 5.02 Å². The number of nitrogens with one attached hydrogen (secondary N) is 2. The molecule has 0 unspecified atom stereocenters. The number of amides is 2. The fourth-order valence-corrected chi connectivity index (χ4v) is 3.64. The minimum absolute atomic E-state index is 0.0281. The highest BCUT2D eigenvalue weighted by atomic mass is 35.5. The Hall–Kier alpha value is -4.84. The number of furan rings is 1. The Balaban J connectivity index is 1.40.